The summed E-state index contributed by atoms with van der Waals surface area (Å²) in [5.41, 5.74) is 2.71. The highest BCUT2D eigenvalue weighted by molar-refractivity contribution is 5.38. The molecule has 0 aromatic heterocycles. The normalized spacial score (nSPS) is 22.0. The maximum absolute atomic E-state index is 5.63. The van der Waals surface area contributed by atoms with Crippen LogP contribution in [0.25, 0.3) is 0 Å². The maximum Gasteiger partial charge on any atom is 0.123 e. The summed E-state index contributed by atoms with van der Waals surface area (Å²) in [6.45, 7) is 8.15. The fourth-order valence-electron chi connectivity index (χ4n) is 4.17. The number of nitrogens with one attached hydrogen (secondary N) is 1. The molecule has 0 spiro atoms. The number of likely N-dealkylation sites (tertiary alicyclic amines) is 2. The van der Waals surface area contributed by atoms with Crippen LogP contribution in [0.5, 0.6) is 5.75 Å². The Hall–Kier alpha value is -1.10. The summed E-state index contributed by atoms with van der Waals surface area (Å²) in [6, 6.07) is 7.77. The molecule has 0 aliphatic carbocycles. The highest BCUT2D eigenvalue weighted by atomic mass is 16.5. The largest absolute Gasteiger partial charge is 0.496 e. The molecule has 1 N–H and O–H groups in total. The fourth-order valence-corrected chi connectivity index (χ4v) is 4.17. The second kappa shape index (κ2) is 9.02. The third-order valence-corrected chi connectivity index (χ3v) is 5.85. The molecule has 25 heavy (non-hydrogen) atoms. The zero-order chi connectivity index (χ0) is 17.6. The number of nitrogens with zero attached hydrogens (tertiary/aromatic N) is 2. The first-order valence-electron chi connectivity index (χ1n) is 9.99. The van der Waals surface area contributed by atoms with Gasteiger partial charge in [-0.05, 0) is 83.5 Å². The van der Waals surface area contributed by atoms with E-state index in [0.717, 1.165) is 12.3 Å². The average molecular weight is 346 g/mol. The summed E-state index contributed by atoms with van der Waals surface area (Å²) in [6.07, 6.45) is 6.53. The van der Waals surface area contributed by atoms with Crippen molar-refractivity contribution in [2.75, 3.05) is 40.3 Å². The minimum absolute atomic E-state index is 0.388. The molecule has 140 valence electrons. The average Bonchev–Trinajstić information content (AvgIpc) is 2.64. The van der Waals surface area contributed by atoms with Crippen LogP contribution >= 0.6 is 0 Å². The molecule has 0 radical (unpaired) electrons. The van der Waals surface area contributed by atoms with Gasteiger partial charge in [-0.1, -0.05) is 12.5 Å². The molecule has 3 rings (SSSR count). The molecule has 2 saturated heterocycles. The lowest BCUT2D eigenvalue weighted by Crippen LogP contribution is -2.41. The predicted molar refractivity (Wildman–Crippen MR) is 104 cm³/mol. The topological polar surface area (TPSA) is 27.7 Å². The summed E-state index contributed by atoms with van der Waals surface area (Å²) in [5, 5.41) is 3.84. The van der Waals surface area contributed by atoms with E-state index in [9.17, 15) is 0 Å². The quantitative estimate of drug-likeness (QED) is 0.855. The van der Waals surface area contributed by atoms with Crippen molar-refractivity contribution in [2.24, 2.45) is 0 Å². The third-order valence-electron chi connectivity index (χ3n) is 5.85. The van der Waals surface area contributed by atoms with Gasteiger partial charge in [0.15, 0.2) is 0 Å². The predicted octanol–water partition coefficient (Wildman–Crippen LogP) is 3.43. The van der Waals surface area contributed by atoms with Crippen molar-refractivity contribution < 1.29 is 4.74 Å². The zero-order valence-electron chi connectivity index (χ0n) is 16.3. The molecule has 2 heterocycles. The van der Waals surface area contributed by atoms with Gasteiger partial charge in [0.25, 0.3) is 0 Å². The molecule has 4 nitrogen and oxygen atoms in total. The van der Waals surface area contributed by atoms with Crippen LogP contribution in [0, 0.1) is 0 Å². The van der Waals surface area contributed by atoms with Gasteiger partial charge >= 0.3 is 0 Å². The van der Waals surface area contributed by atoms with E-state index in [4.69, 9.17) is 4.74 Å². The van der Waals surface area contributed by atoms with Crippen molar-refractivity contribution in [3.63, 3.8) is 0 Å². The molecule has 2 fully saturated rings. The molecule has 2 aliphatic heterocycles. The van der Waals surface area contributed by atoms with Crippen molar-refractivity contribution >= 4 is 0 Å². The number of rotatable bonds is 6. The molecule has 0 saturated carbocycles. The van der Waals surface area contributed by atoms with Crippen LogP contribution in [0.2, 0.25) is 0 Å². The molecule has 2 aliphatic rings. The fraction of sp³-hybridized carbons (Fsp3) is 0.714. The van der Waals surface area contributed by atoms with Gasteiger partial charge in [0.2, 0.25) is 0 Å². The first-order chi connectivity index (χ1) is 12.2. The number of methoxy groups -OCH3 is 1. The molecule has 1 unspecified atom stereocenters. The number of benzene rings is 1. The second-order valence-electron chi connectivity index (χ2n) is 7.87. The van der Waals surface area contributed by atoms with Crippen LogP contribution in [-0.2, 0) is 6.54 Å². The molecule has 4 heteroatoms. The number of hydrogen-bond donors (Lipinski definition) is 1. The zero-order valence-corrected chi connectivity index (χ0v) is 16.3. The van der Waals surface area contributed by atoms with Crippen LogP contribution in [0.3, 0.4) is 0 Å². The Kier molecular flexibility index (Phi) is 6.74. The van der Waals surface area contributed by atoms with Gasteiger partial charge in [-0.3, -0.25) is 4.90 Å². The van der Waals surface area contributed by atoms with Crippen molar-refractivity contribution in [1.29, 1.82) is 0 Å². The van der Waals surface area contributed by atoms with Crippen molar-refractivity contribution in [3.8, 4) is 5.75 Å². The van der Waals surface area contributed by atoms with Gasteiger partial charge in [0, 0.05) is 24.2 Å². The first-order valence-corrected chi connectivity index (χ1v) is 9.99. The van der Waals surface area contributed by atoms with E-state index in [1.165, 1.54) is 69.4 Å². The van der Waals surface area contributed by atoms with Crippen molar-refractivity contribution in [2.45, 2.75) is 57.7 Å². The van der Waals surface area contributed by atoms with E-state index in [1.54, 1.807) is 7.11 Å². The lowest BCUT2D eigenvalue weighted by Gasteiger charge is -2.32. The Labute approximate surface area is 153 Å². The van der Waals surface area contributed by atoms with E-state index in [-0.39, 0.29) is 0 Å². The van der Waals surface area contributed by atoms with E-state index in [2.05, 4.69) is 47.3 Å². The highest BCUT2D eigenvalue weighted by Gasteiger charge is 2.20. The van der Waals surface area contributed by atoms with E-state index < -0.39 is 0 Å². The Morgan fingerprint density at radius 1 is 1.12 bits per heavy atom. The summed E-state index contributed by atoms with van der Waals surface area (Å²) in [4.78, 5) is 4.99. The summed E-state index contributed by atoms with van der Waals surface area (Å²) >= 11 is 0. The van der Waals surface area contributed by atoms with Gasteiger partial charge in [0.05, 0.1) is 7.11 Å². The Bertz CT molecular complexity index is 534. The number of piperidine rings is 2. The molecule has 1 atom stereocenters. The Morgan fingerprint density at radius 3 is 2.52 bits per heavy atom. The first kappa shape index (κ1) is 18.7. The summed E-state index contributed by atoms with van der Waals surface area (Å²) < 4.78 is 5.63. The van der Waals surface area contributed by atoms with Gasteiger partial charge in [0.1, 0.15) is 5.75 Å². The molecule has 0 bridgehead atoms. The third kappa shape index (κ3) is 5.19. The monoisotopic (exact) mass is 345 g/mol. The lowest BCUT2D eigenvalue weighted by atomic mass is 9.99. The van der Waals surface area contributed by atoms with Crippen molar-refractivity contribution in [3.05, 3.63) is 29.3 Å². The highest BCUT2D eigenvalue weighted by Crippen LogP contribution is 2.26. The SMILES string of the molecule is COc1ccc(C(C)NC2CCN(C)CC2)cc1CN1CCCCC1. The summed E-state index contributed by atoms with van der Waals surface area (Å²) in [5.74, 6) is 1.03. The Morgan fingerprint density at radius 2 is 1.84 bits per heavy atom. The lowest BCUT2D eigenvalue weighted by molar-refractivity contribution is 0.217. The maximum atomic E-state index is 5.63. The van der Waals surface area contributed by atoms with Crippen LogP contribution in [0.15, 0.2) is 18.2 Å². The number of hydrogen-bond acceptors (Lipinski definition) is 4. The van der Waals surface area contributed by atoms with E-state index >= 15 is 0 Å². The van der Waals surface area contributed by atoms with Crippen molar-refractivity contribution in [1.82, 2.24) is 15.1 Å². The minimum Gasteiger partial charge on any atom is -0.496 e. The second-order valence-corrected chi connectivity index (χ2v) is 7.87. The van der Waals surface area contributed by atoms with Gasteiger partial charge in [-0.2, -0.15) is 0 Å². The van der Waals surface area contributed by atoms with Crippen LogP contribution in [0.4, 0.5) is 0 Å². The molecule has 0 amide bonds. The van der Waals surface area contributed by atoms with E-state index in [1.807, 2.05) is 0 Å². The number of ether oxygens (including phenoxy) is 1. The van der Waals surface area contributed by atoms with E-state index in [0.29, 0.717) is 12.1 Å². The smallest absolute Gasteiger partial charge is 0.123 e. The van der Waals surface area contributed by atoms with Crippen LogP contribution < -0.4 is 10.1 Å². The van der Waals surface area contributed by atoms with Gasteiger partial charge in [-0.15, -0.1) is 0 Å². The van der Waals surface area contributed by atoms with Crippen LogP contribution in [0.1, 0.15) is 56.2 Å². The molecule has 1 aromatic rings. The Balaban J connectivity index is 1.65. The molecular weight excluding hydrogens is 310 g/mol. The summed E-state index contributed by atoms with van der Waals surface area (Å²) in [7, 11) is 4.00. The standard InChI is InChI=1S/C21H35N3O/c1-17(22-20-9-13-23(2)14-10-20)18-7-8-21(25-3)19(15-18)16-24-11-5-4-6-12-24/h7-8,15,17,20,22H,4-6,9-14,16H2,1-3H3. The van der Waals surface area contributed by atoms with Crippen LogP contribution in [-0.4, -0.2) is 56.2 Å². The molecular formula is C21H35N3O. The molecule has 1 aromatic carbocycles. The van der Waals surface area contributed by atoms with Gasteiger partial charge < -0.3 is 15.0 Å². The minimum atomic E-state index is 0.388. The van der Waals surface area contributed by atoms with Gasteiger partial charge in [-0.25, -0.2) is 0 Å².